The van der Waals surface area contributed by atoms with E-state index in [1.807, 2.05) is 26.0 Å². The second-order valence-electron chi connectivity index (χ2n) is 2.64. The predicted molar refractivity (Wildman–Crippen MR) is 53.3 cm³/mol. The number of aromatic nitrogens is 2. The van der Waals surface area contributed by atoms with Gasteiger partial charge in [0.1, 0.15) is 10.3 Å². The van der Waals surface area contributed by atoms with Crippen LogP contribution in [0.5, 0.6) is 5.88 Å². The zero-order valence-electron chi connectivity index (χ0n) is 7.57. The molecular formula is C9H10N2OS. The molecule has 0 saturated heterocycles. The molecule has 3 nitrogen and oxygen atoms in total. The normalized spacial score (nSPS) is 10.6. The number of hydrogen-bond donors (Lipinski definition) is 0. The molecule has 2 aromatic heterocycles. The minimum atomic E-state index is 0.649. The summed E-state index contributed by atoms with van der Waals surface area (Å²) in [5, 5.41) is 1.04. The van der Waals surface area contributed by atoms with E-state index in [0.717, 1.165) is 15.4 Å². The topological polar surface area (TPSA) is 35.0 Å². The molecule has 0 radical (unpaired) electrons. The second kappa shape index (κ2) is 3.30. The summed E-state index contributed by atoms with van der Waals surface area (Å²) in [6.45, 7) is 4.58. The summed E-state index contributed by atoms with van der Waals surface area (Å²) in [4.78, 5) is 9.58. The van der Waals surface area contributed by atoms with Crippen LogP contribution in [0.25, 0.3) is 10.3 Å². The highest BCUT2D eigenvalue weighted by molar-refractivity contribution is 7.18. The second-order valence-corrected chi connectivity index (χ2v) is 3.82. The first-order chi connectivity index (χ1) is 6.29. The molecular weight excluding hydrogens is 184 g/mol. The Morgan fingerprint density at radius 1 is 1.38 bits per heavy atom. The molecule has 0 atom stereocenters. The molecule has 0 aromatic carbocycles. The van der Waals surface area contributed by atoms with Gasteiger partial charge in [0.15, 0.2) is 0 Å². The van der Waals surface area contributed by atoms with Crippen molar-refractivity contribution < 1.29 is 4.74 Å². The van der Waals surface area contributed by atoms with Crippen LogP contribution in [0.1, 0.15) is 11.9 Å². The number of ether oxygens (including phenoxy) is 1. The summed E-state index contributed by atoms with van der Waals surface area (Å²) in [6.07, 6.45) is 0. The van der Waals surface area contributed by atoms with E-state index in [1.54, 1.807) is 11.3 Å². The SMILES string of the molecule is CCOc1ccc2nc(C)sc2n1. The Bertz CT molecular complexity index is 424. The molecule has 68 valence electrons. The summed E-state index contributed by atoms with van der Waals surface area (Å²) in [6, 6.07) is 3.79. The van der Waals surface area contributed by atoms with E-state index in [1.165, 1.54) is 0 Å². The van der Waals surface area contributed by atoms with E-state index < -0.39 is 0 Å². The average Bonchev–Trinajstić information content (AvgIpc) is 2.44. The Labute approximate surface area is 80.4 Å². The van der Waals surface area contributed by atoms with Gasteiger partial charge in [0.2, 0.25) is 5.88 Å². The van der Waals surface area contributed by atoms with Crippen LogP contribution in [0.4, 0.5) is 0 Å². The van der Waals surface area contributed by atoms with Crippen molar-refractivity contribution >= 4 is 21.7 Å². The molecule has 0 fully saturated rings. The zero-order chi connectivity index (χ0) is 9.26. The van der Waals surface area contributed by atoms with Crippen LogP contribution in [0.3, 0.4) is 0 Å². The fourth-order valence-corrected chi connectivity index (χ4v) is 1.91. The molecule has 2 rings (SSSR count). The number of fused-ring (bicyclic) bond motifs is 1. The van der Waals surface area contributed by atoms with Crippen LogP contribution in [0, 0.1) is 6.92 Å². The first-order valence-corrected chi connectivity index (χ1v) is 4.98. The summed E-state index contributed by atoms with van der Waals surface area (Å²) in [5.41, 5.74) is 0.950. The third-order valence-corrected chi connectivity index (χ3v) is 2.51. The fraction of sp³-hybridized carbons (Fsp3) is 0.333. The van der Waals surface area contributed by atoms with Crippen molar-refractivity contribution in [2.24, 2.45) is 0 Å². The maximum Gasteiger partial charge on any atom is 0.214 e. The van der Waals surface area contributed by atoms with E-state index in [0.29, 0.717) is 12.5 Å². The van der Waals surface area contributed by atoms with E-state index in [9.17, 15) is 0 Å². The van der Waals surface area contributed by atoms with E-state index in [-0.39, 0.29) is 0 Å². The molecule has 0 aliphatic heterocycles. The first-order valence-electron chi connectivity index (χ1n) is 4.16. The van der Waals surface area contributed by atoms with Crippen LogP contribution < -0.4 is 4.74 Å². The standard InChI is InChI=1S/C9H10N2OS/c1-3-12-8-5-4-7-9(11-8)13-6(2)10-7/h4-5H,3H2,1-2H3. The number of nitrogens with zero attached hydrogens (tertiary/aromatic N) is 2. The van der Waals surface area contributed by atoms with Gasteiger partial charge >= 0.3 is 0 Å². The van der Waals surface area contributed by atoms with Crippen molar-refractivity contribution in [2.75, 3.05) is 6.61 Å². The molecule has 4 heteroatoms. The van der Waals surface area contributed by atoms with Crippen LogP contribution in [0.2, 0.25) is 0 Å². The maximum atomic E-state index is 5.29. The molecule has 0 N–H and O–H groups in total. The van der Waals surface area contributed by atoms with E-state index in [2.05, 4.69) is 9.97 Å². The fourth-order valence-electron chi connectivity index (χ4n) is 1.14. The Kier molecular flexibility index (Phi) is 2.14. The van der Waals surface area contributed by atoms with Gasteiger partial charge < -0.3 is 4.74 Å². The molecule has 0 unspecified atom stereocenters. The van der Waals surface area contributed by atoms with Crippen molar-refractivity contribution in [1.82, 2.24) is 9.97 Å². The molecule has 0 aliphatic carbocycles. The number of pyridine rings is 1. The third-order valence-electron chi connectivity index (χ3n) is 1.63. The van der Waals surface area contributed by atoms with Crippen molar-refractivity contribution in [3.63, 3.8) is 0 Å². The highest BCUT2D eigenvalue weighted by Gasteiger charge is 2.02. The summed E-state index contributed by atoms with van der Waals surface area (Å²) >= 11 is 1.59. The highest BCUT2D eigenvalue weighted by atomic mass is 32.1. The summed E-state index contributed by atoms with van der Waals surface area (Å²) in [7, 11) is 0. The molecule has 0 saturated carbocycles. The third kappa shape index (κ3) is 1.62. The van der Waals surface area contributed by atoms with Gasteiger partial charge in [-0.25, -0.2) is 9.97 Å². The lowest BCUT2D eigenvalue weighted by Gasteiger charge is -1.99. The average molecular weight is 194 g/mol. The first kappa shape index (κ1) is 8.44. The van der Waals surface area contributed by atoms with Crippen molar-refractivity contribution in [2.45, 2.75) is 13.8 Å². The van der Waals surface area contributed by atoms with Gasteiger partial charge in [-0.2, -0.15) is 0 Å². The zero-order valence-corrected chi connectivity index (χ0v) is 8.39. The Balaban J connectivity index is 2.48. The molecule has 0 bridgehead atoms. The van der Waals surface area contributed by atoms with Crippen LogP contribution >= 0.6 is 11.3 Å². The van der Waals surface area contributed by atoms with Gasteiger partial charge in [-0.3, -0.25) is 0 Å². The van der Waals surface area contributed by atoms with Gasteiger partial charge in [-0.15, -0.1) is 0 Å². The minimum Gasteiger partial charge on any atom is -0.478 e. The van der Waals surface area contributed by atoms with Gasteiger partial charge in [-0.1, -0.05) is 11.3 Å². The minimum absolute atomic E-state index is 0.649. The van der Waals surface area contributed by atoms with Crippen molar-refractivity contribution in [1.29, 1.82) is 0 Å². The van der Waals surface area contributed by atoms with E-state index >= 15 is 0 Å². The Morgan fingerprint density at radius 3 is 3.00 bits per heavy atom. The molecule has 2 heterocycles. The van der Waals surface area contributed by atoms with Gasteiger partial charge in [0.25, 0.3) is 0 Å². The predicted octanol–water partition coefficient (Wildman–Crippen LogP) is 2.40. The van der Waals surface area contributed by atoms with E-state index in [4.69, 9.17) is 4.74 Å². The lowest BCUT2D eigenvalue weighted by Crippen LogP contribution is -1.93. The lowest BCUT2D eigenvalue weighted by atomic mass is 10.4. The summed E-state index contributed by atoms with van der Waals surface area (Å²) in [5.74, 6) is 0.679. The number of rotatable bonds is 2. The van der Waals surface area contributed by atoms with Gasteiger partial charge in [-0.05, 0) is 19.9 Å². The number of thiazole rings is 1. The lowest BCUT2D eigenvalue weighted by molar-refractivity contribution is 0.328. The van der Waals surface area contributed by atoms with Crippen molar-refractivity contribution in [3.8, 4) is 5.88 Å². The maximum absolute atomic E-state index is 5.29. The quantitative estimate of drug-likeness (QED) is 0.736. The molecule has 2 aromatic rings. The molecule has 0 spiro atoms. The molecule has 0 amide bonds. The Hall–Kier alpha value is -1.16. The number of aryl methyl sites for hydroxylation is 1. The highest BCUT2D eigenvalue weighted by Crippen LogP contribution is 2.21. The molecule has 0 aliphatic rings. The van der Waals surface area contributed by atoms with Crippen molar-refractivity contribution in [3.05, 3.63) is 17.1 Å². The molecule has 13 heavy (non-hydrogen) atoms. The number of hydrogen-bond acceptors (Lipinski definition) is 4. The van der Waals surface area contributed by atoms with Gasteiger partial charge in [0, 0.05) is 6.07 Å². The van der Waals surface area contributed by atoms with Crippen LogP contribution in [0.15, 0.2) is 12.1 Å². The largest absolute Gasteiger partial charge is 0.478 e. The summed E-state index contributed by atoms with van der Waals surface area (Å²) < 4.78 is 5.29. The smallest absolute Gasteiger partial charge is 0.214 e. The van der Waals surface area contributed by atoms with Crippen LogP contribution in [-0.4, -0.2) is 16.6 Å². The van der Waals surface area contributed by atoms with Crippen LogP contribution in [-0.2, 0) is 0 Å². The Morgan fingerprint density at radius 2 is 2.23 bits per heavy atom. The van der Waals surface area contributed by atoms with Gasteiger partial charge in [0.05, 0.1) is 11.6 Å². The monoisotopic (exact) mass is 194 g/mol.